The van der Waals surface area contributed by atoms with Crippen molar-refractivity contribution in [3.8, 4) is 0 Å². The molecular formula is C7H14NO4P. The minimum Gasteiger partial charge on any atom is -0.353 e. The maximum atomic E-state index is 10.6. The summed E-state index contributed by atoms with van der Waals surface area (Å²) in [6.45, 7) is 3.68. The molecule has 0 aromatic rings. The Hall–Kier alpha value is -0.640. The first-order valence-corrected chi connectivity index (χ1v) is 5.70. The second-order valence-electron chi connectivity index (χ2n) is 2.59. The smallest absolute Gasteiger partial charge is 0.325 e. The molecule has 0 spiro atoms. The first kappa shape index (κ1) is 12.4. The number of rotatable bonds is 6. The monoisotopic (exact) mass is 207 g/mol. The van der Waals surface area contributed by atoms with Crippen LogP contribution in [0, 0.1) is 0 Å². The lowest BCUT2D eigenvalue weighted by atomic mass is 10.3. The summed E-state index contributed by atoms with van der Waals surface area (Å²) < 4.78 is 10.4. The molecule has 0 aromatic carbocycles. The van der Waals surface area contributed by atoms with E-state index >= 15 is 0 Å². The van der Waals surface area contributed by atoms with Crippen molar-refractivity contribution in [2.24, 2.45) is 0 Å². The molecule has 0 rings (SSSR count). The van der Waals surface area contributed by atoms with E-state index in [0.29, 0.717) is 19.4 Å². The van der Waals surface area contributed by atoms with Crippen molar-refractivity contribution < 1.29 is 19.1 Å². The molecule has 0 aliphatic heterocycles. The standard InChI is InChI=1S/C7H14NO4P/c1-2-7(9)8-5-3-4-6-13(10,11)12/h2H,1,3-6H2,(H,8,9)(H2,10,11,12). The Bertz CT molecular complexity index is 223. The molecule has 0 aliphatic carbocycles. The fourth-order valence-electron chi connectivity index (χ4n) is 0.727. The molecule has 0 radical (unpaired) electrons. The highest BCUT2D eigenvalue weighted by atomic mass is 31.2. The van der Waals surface area contributed by atoms with Crippen LogP contribution in [0.1, 0.15) is 12.8 Å². The van der Waals surface area contributed by atoms with Crippen molar-refractivity contribution in [2.45, 2.75) is 12.8 Å². The van der Waals surface area contributed by atoms with E-state index in [1.54, 1.807) is 0 Å². The quantitative estimate of drug-likeness (QED) is 0.331. The molecule has 76 valence electrons. The highest BCUT2D eigenvalue weighted by Gasteiger charge is 2.10. The third-order valence-corrected chi connectivity index (χ3v) is 2.26. The van der Waals surface area contributed by atoms with Crippen LogP contribution in [0.15, 0.2) is 12.7 Å². The zero-order valence-corrected chi connectivity index (χ0v) is 8.17. The summed E-state index contributed by atoms with van der Waals surface area (Å²) in [5.74, 6) is -0.267. The number of amides is 1. The van der Waals surface area contributed by atoms with E-state index in [1.165, 1.54) is 0 Å². The second kappa shape index (κ2) is 5.91. The van der Waals surface area contributed by atoms with E-state index in [-0.39, 0.29) is 12.1 Å². The van der Waals surface area contributed by atoms with Crippen LogP contribution in [0.25, 0.3) is 0 Å². The molecule has 0 aliphatic rings. The van der Waals surface area contributed by atoms with Crippen molar-refractivity contribution >= 4 is 13.5 Å². The van der Waals surface area contributed by atoms with Gasteiger partial charge in [-0.3, -0.25) is 9.36 Å². The summed E-state index contributed by atoms with van der Waals surface area (Å²) >= 11 is 0. The number of carbonyl (C=O) groups is 1. The molecule has 0 atom stereocenters. The van der Waals surface area contributed by atoms with Gasteiger partial charge in [0.25, 0.3) is 0 Å². The highest BCUT2D eigenvalue weighted by Crippen LogP contribution is 2.35. The molecule has 0 unspecified atom stereocenters. The van der Waals surface area contributed by atoms with Gasteiger partial charge < -0.3 is 15.1 Å². The number of hydrogen-bond acceptors (Lipinski definition) is 2. The lowest BCUT2D eigenvalue weighted by Gasteiger charge is -2.03. The van der Waals surface area contributed by atoms with E-state index in [2.05, 4.69) is 11.9 Å². The minimum absolute atomic E-state index is 0.128. The van der Waals surface area contributed by atoms with Crippen LogP contribution >= 0.6 is 7.60 Å². The van der Waals surface area contributed by atoms with Crippen LogP contribution in [0.2, 0.25) is 0 Å². The number of unbranched alkanes of at least 4 members (excludes halogenated alkanes) is 1. The Morgan fingerprint density at radius 2 is 2.08 bits per heavy atom. The van der Waals surface area contributed by atoms with Gasteiger partial charge in [-0.15, -0.1) is 0 Å². The predicted octanol–water partition coefficient (Wildman–Crippen LogP) is 0.246. The molecule has 0 bridgehead atoms. The van der Waals surface area contributed by atoms with Gasteiger partial charge in [0.05, 0.1) is 0 Å². The Morgan fingerprint density at radius 1 is 1.46 bits per heavy atom. The third-order valence-electron chi connectivity index (χ3n) is 1.36. The van der Waals surface area contributed by atoms with E-state index in [9.17, 15) is 9.36 Å². The molecule has 13 heavy (non-hydrogen) atoms. The van der Waals surface area contributed by atoms with Gasteiger partial charge in [-0.2, -0.15) is 0 Å². The summed E-state index contributed by atoms with van der Waals surface area (Å²) in [5, 5.41) is 2.51. The summed E-state index contributed by atoms with van der Waals surface area (Å²) in [6, 6.07) is 0. The Morgan fingerprint density at radius 3 is 2.54 bits per heavy atom. The first-order chi connectivity index (χ1) is 5.95. The summed E-state index contributed by atoms with van der Waals surface area (Å²) in [6.07, 6.45) is 1.99. The van der Waals surface area contributed by atoms with Gasteiger partial charge in [-0.05, 0) is 18.9 Å². The van der Waals surface area contributed by atoms with Gasteiger partial charge in [0.1, 0.15) is 0 Å². The maximum Gasteiger partial charge on any atom is 0.325 e. The first-order valence-electron chi connectivity index (χ1n) is 3.90. The molecule has 5 nitrogen and oxygen atoms in total. The van der Waals surface area contributed by atoms with Crippen molar-refractivity contribution in [3.05, 3.63) is 12.7 Å². The van der Waals surface area contributed by atoms with Gasteiger partial charge in [-0.25, -0.2) is 0 Å². The molecule has 0 fully saturated rings. The largest absolute Gasteiger partial charge is 0.353 e. The van der Waals surface area contributed by atoms with Crippen LogP contribution in [0.4, 0.5) is 0 Å². The molecular weight excluding hydrogens is 193 g/mol. The highest BCUT2D eigenvalue weighted by molar-refractivity contribution is 7.51. The van der Waals surface area contributed by atoms with Crippen LogP contribution in [-0.2, 0) is 9.36 Å². The van der Waals surface area contributed by atoms with Gasteiger partial charge in [0.2, 0.25) is 5.91 Å². The molecule has 0 saturated carbocycles. The topological polar surface area (TPSA) is 86.6 Å². The third kappa shape index (κ3) is 9.27. The summed E-state index contributed by atoms with van der Waals surface area (Å²) in [4.78, 5) is 27.5. The summed E-state index contributed by atoms with van der Waals surface area (Å²) in [5.41, 5.74) is 0. The second-order valence-corrected chi connectivity index (χ2v) is 4.37. The van der Waals surface area contributed by atoms with Crippen molar-refractivity contribution in [2.75, 3.05) is 12.7 Å². The van der Waals surface area contributed by atoms with Crippen molar-refractivity contribution in [1.82, 2.24) is 5.32 Å². The van der Waals surface area contributed by atoms with Crippen LogP contribution in [0.5, 0.6) is 0 Å². The minimum atomic E-state index is -3.87. The predicted molar refractivity (Wildman–Crippen MR) is 49.4 cm³/mol. The van der Waals surface area contributed by atoms with Crippen LogP contribution in [0.3, 0.4) is 0 Å². The van der Waals surface area contributed by atoms with Crippen molar-refractivity contribution in [1.29, 1.82) is 0 Å². The Kier molecular flexibility index (Phi) is 5.62. The number of hydrogen-bond donors (Lipinski definition) is 3. The van der Waals surface area contributed by atoms with Crippen LogP contribution < -0.4 is 5.32 Å². The fourth-order valence-corrected chi connectivity index (χ4v) is 1.36. The van der Waals surface area contributed by atoms with Gasteiger partial charge >= 0.3 is 7.60 Å². The van der Waals surface area contributed by atoms with E-state index in [0.717, 1.165) is 6.08 Å². The SMILES string of the molecule is C=CC(=O)NCCCCP(=O)(O)O. The molecule has 3 N–H and O–H groups in total. The average Bonchev–Trinajstić information content (AvgIpc) is 2.01. The maximum absolute atomic E-state index is 10.6. The molecule has 1 amide bonds. The Labute approximate surface area is 77.0 Å². The fraction of sp³-hybridized carbons (Fsp3) is 0.571. The lowest BCUT2D eigenvalue weighted by Crippen LogP contribution is -2.21. The van der Waals surface area contributed by atoms with Crippen molar-refractivity contribution in [3.63, 3.8) is 0 Å². The molecule has 0 heterocycles. The molecule has 0 saturated heterocycles. The zero-order valence-electron chi connectivity index (χ0n) is 7.27. The molecule has 6 heteroatoms. The average molecular weight is 207 g/mol. The lowest BCUT2D eigenvalue weighted by molar-refractivity contribution is -0.116. The zero-order chi connectivity index (χ0) is 10.3. The van der Waals surface area contributed by atoms with Gasteiger partial charge in [-0.1, -0.05) is 6.58 Å². The van der Waals surface area contributed by atoms with Gasteiger partial charge in [0.15, 0.2) is 0 Å². The normalized spacial score (nSPS) is 10.9. The molecule has 0 aromatic heterocycles. The van der Waals surface area contributed by atoms with E-state index in [4.69, 9.17) is 9.79 Å². The number of nitrogens with one attached hydrogen (secondary N) is 1. The van der Waals surface area contributed by atoms with Crippen LogP contribution in [-0.4, -0.2) is 28.4 Å². The van der Waals surface area contributed by atoms with E-state index < -0.39 is 7.60 Å². The van der Waals surface area contributed by atoms with E-state index in [1.807, 2.05) is 0 Å². The Balaban J connectivity index is 3.32. The van der Waals surface area contributed by atoms with Gasteiger partial charge in [0, 0.05) is 12.7 Å². The number of carbonyl (C=O) groups excluding carboxylic acids is 1. The summed E-state index contributed by atoms with van der Waals surface area (Å²) in [7, 11) is -3.87.